The third-order valence-electron chi connectivity index (χ3n) is 1.35. The van der Waals surface area contributed by atoms with Gasteiger partial charge < -0.3 is 0 Å². The van der Waals surface area contributed by atoms with E-state index in [-0.39, 0.29) is 5.69 Å². The smallest absolute Gasteiger partial charge is 0.258 e. The minimum Gasteiger partial charge on any atom is -0.258 e. The number of aliphatic imine (C=N–C) groups is 1. The summed E-state index contributed by atoms with van der Waals surface area (Å²) in [5, 5.41) is 11.8. The Labute approximate surface area is 80.1 Å². The zero-order valence-electron chi connectivity index (χ0n) is 6.58. The van der Waals surface area contributed by atoms with Crippen molar-refractivity contribution in [3.05, 3.63) is 34.4 Å². The minimum absolute atomic E-state index is 0.0180. The van der Waals surface area contributed by atoms with Gasteiger partial charge in [0.2, 0.25) is 0 Å². The van der Waals surface area contributed by atoms with Gasteiger partial charge in [-0.2, -0.15) is 0 Å². The molecule has 0 aliphatic carbocycles. The first-order valence-electron chi connectivity index (χ1n) is 3.47. The molecule has 0 bridgehead atoms. The Morgan fingerprint density at radius 1 is 1.46 bits per heavy atom. The lowest BCUT2D eigenvalue weighted by Gasteiger charge is -1.94. The number of hydrogen-bond donors (Lipinski definition) is 0. The first-order chi connectivity index (χ1) is 6.25. The Hall–Kier alpha value is -1.62. The Balaban J connectivity index is 3.11. The van der Waals surface area contributed by atoms with E-state index in [4.69, 9.17) is 0 Å². The van der Waals surface area contributed by atoms with Gasteiger partial charge in [0.1, 0.15) is 5.69 Å². The normalized spacial score (nSPS) is 10.2. The average Bonchev–Trinajstić information content (AvgIpc) is 2.15. The molecule has 0 spiro atoms. The highest BCUT2D eigenvalue weighted by Crippen LogP contribution is 2.25. The summed E-state index contributed by atoms with van der Waals surface area (Å²) < 4.78 is 0. The van der Waals surface area contributed by atoms with Gasteiger partial charge in [0.15, 0.2) is 0 Å². The highest BCUT2D eigenvalue weighted by Gasteiger charge is 2.09. The third-order valence-corrected chi connectivity index (χ3v) is 1.47. The molecule has 1 aromatic carbocycles. The summed E-state index contributed by atoms with van der Waals surface area (Å²) >= 11 is 4.52. The van der Waals surface area contributed by atoms with E-state index < -0.39 is 4.92 Å². The fraction of sp³-hybridized carbons (Fsp3) is 0. The summed E-state index contributed by atoms with van der Waals surface area (Å²) in [6.07, 6.45) is 1.34. The maximum atomic E-state index is 10.5. The highest BCUT2D eigenvalue weighted by molar-refractivity contribution is 7.80. The van der Waals surface area contributed by atoms with Gasteiger partial charge in [-0.1, -0.05) is 24.4 Å². The zero-order valence-corrected chi connectivity index (χ0v) is 7.40. The Kier molecular flexibility index (Phi) is 3.22. The van der Waals surface area contributed by atoms with Crippen molar-refractivity contribution in [2.24, 2.45) is 4.99 Å². The first kappa shape index (κ1) is 9.47. The van der Waals surface area contributed by atoms with Crippen LogP contribution in [0.25, 0.3) is 0 Å². The Bertz CT molecular complexity index is 363. The minimum atomic E-state index is -0.476. The second kappa shape index (κ2) is 4.42. The van der Waals surface area contributed by atoms with Gasteiger partial charge in [-0.25, -0.2) is 4.99 Å². The van der Waals surface area contributed by atoms with E-state index in [1.807, 2.05) is 0 Å². The standard InChI is InChI=1S/C8H6N2O2S/c11-10(12)8-4-2-1-3-7(8)9-5-6-13/h1-6H. The van der Waals surface area contributed by atoms with E-state index in [0.29, 0.717) is 5.69 Å². The number of para-hydroxylation sites is 2. The van der Waals surface area contributed by atoms with E-state index in [9.17, 15) is 10.1 Å². The van der Waals surface area contributed by atoms with Crippen molar-refractivity contribution in [2.75, 3.05) is 0 Å². The zero-order chi connectivity index (χ0) is 9.68. The highest BCUT2D eigenvalue weighted by atomic mass is 32.1. The van der Waals surface area contributed by atoms with E-state index >= 15 is 0 Å². The lowest BCUT2D eigenvalue weighted by Crippen LogP contribution is -1.87. The van der Waals surface area contributed by atoms with Crippen LogP contribution in [-0.4, -0.2) is 16.5 Å². The molecule has 5 heteroatoms. The number of hydrogen-bond acceptors (Lipinski definition) is 4. The molecule has 4 nitrogen and oxygen atoms in total. The van der Waals surface area contributed by atoms with Gasteiger partial charge >= 0.3 is 0 Å². The number of thiocarbonyl (C=S) groups is 1. The van der Waals surface area contributed by atoms with Crippen LogP contribution >= 0.6 is 12.2 Å². The molecule has 0 amide bonds. The molecule has 0 aliphatic heterocycles. The van der Waals surface area contributed by atoms with Crippen LogP contribution < -0.4 is 0 Å². The maximum Gasteiger partial charge on any atom is 0.294 e. The van der Waals surface area contributed by atoms with Crippen molar-refractivity contribution in [1.29, 1.82) is 0 Å². The van der Waals surface area contributed by atoms with Crippen molar-refractivity contribution in [3.8, 4) is 0 Å². The molecule has 0 heterocycles. The molecule has 0 radical (unpaired) electrons. The van der Waals surface area contributed by atoms with E-state index in [1.54, 1.807) is 18.2 Å². The average molecular weight is 194 g/mol. The number of nitro benzene ring substituents is 1. The molecule has 0 atom stereocenters. The van der Waals surface area contributed by atoms with Crippen LogP contribution in [0.1, 0.15) is 0 Å². The van der Waals surface area contributed by atoms with Gasteiger partial charge in [0.05, 0.1) is 4.92 Å². The lowest BCUT2D eigenvalue weighted by molar-refractivity contribution is -0.384. The van der Waals surface area contributed by atoms with Crippen LogP contribution in [0.5, 0.6) is 0 Å². The molecule has 66 valence electrons. The number of nitro groups is 1. The van der Waals surface area contributed by atoms with Crippen LogP contribution in [0.3, 0.4) is 0 Å². The van der Waals surface area contributed by atoms with E-state index in [0.717, 1.165) is 0 Å². The van der Waals surface area contributed by atoms with Gasteiger partial charge in [-0.15, -0.1) is 0 Å². The molecule has 13 heavy (non-hydrogen) atoms. The molecule has 0 saturated heterocycles. The largest absolute Gasteiger partial charge is 0.294 e. The first-order valence-corrected chi connectivity index (χ1v) is 3.94. The predicted molar refractivity (Wildman–Crippen MR) is 54.9 cm³/mol. The summed E-state index contributed by atoms with van der Waals surface area (Å²) in [5.41, 5.74) is 0.296. The summed E-state index contributed by atoms with van der Waals surface area (Å²) in [6.45, 7) is 0. The topological polar surface area (TPSA) is 55.5 Å². The van der Waals surface area contributed by atoms with Crippen molar-refractivity contribution in [2.45, 2.75) is 0 Å². The number of benzene rings is 1. The molecule has 0 fully saturated rings. The molecule has 0 aromatic heterocycles. The van der Waals surface area contributed by atoms with Gasteiger partial charge in [0.25, 0.3) is 5.69 Å². The fourth-order valence-electron chi connectivity index (χ4n) is 0.838. The van der Waals surface area contributed by atoms with Crippen molar-refractivity contribution < 1.29 is 4.92 Å². The van der Waals surface area contributed by atoms with E-state index in [1.165, 1.54) is 17.6 Å². The molecular weight excluding hydrogens is 188 g/mol. The summed E-state index contributed by atoms with van der Waals surface area (Å²) in [5.74, 6) is 0. The lowest BCUT2D eigenvalue weighted by atomic mass is 10.3. The molecule has 0 N–H and O–H groups in total. The number of rotatable bonds is 3. The monoisotopic (exact) mass is 194 g/mol. The van der Waals surface area contributed by atoms with Crippen LogP contribution in [0.15, 0.2) is 29.3 Å². The van der Waals surface area contributed by atoms with Crippen molar-refractivity contribution in [1.82, 2.24) is 0 Å². The second-order valence-corrected chi connectivity index (χ2v) is 2.43. The molecule has 0 aliphatic rings. The SMILES string of the molecule is O=[N+]([O-])c1ccccc1N=CC=S. The fourth-order valence-corrected chi connectivity index (χ4v) is 0.899. The van der Waals surface area contributed by atoms with Crippen LogP contribution in [0.4, 0.5) is 11.4 Å². The van der Waals surface area contributed by atoms with Gasteiger partial charge in [-0.3, -0.25) is 10.1 Å². The predicted octanol–water partition coefficient (Wildman–Crippen LogP) is 2.30. The number of nitrogens with zero attached hydrogens (tertiary/aromatic N) is 2. The van der Waals surface area contributed by atoms with E-state index in [2.05, 4.69) is 17.2 Å². The molecule has 0 saturated carbocycles. The van der Waals surface area contributed by atoms with Crippen LogP contribution in [-0.2, 0) is 0 Å². The molecule has 1 aromatic rings. The van der Waals surface area contributed by atoms with Crippen LogP contribution in [0, 0.1) is 10.1 Å². The summed E-state index contributed by atoms with van der Waals surface area (Å²) in [6, 6.07) is 6.24. The van der Waals surface area contributed by atoms with Gasteiger partial charge in [0, 0.05) is 17.6 Å². The quantitative estimate of drug-likeness (QED) is 0.321. The van der Waals surface area contributed by atoms with Crippen molar-refractivity contribution in [3.63, 3.8) is 0 Å². The Morgan fingerprint density at radius 2 is 2.15 bits per heavy atom. The van der Waals surface area contributed by atoms with Crippen molar-refractivity contribution >= 4 is 35.2 Å². The van der Waals surface area contributed by atoms with Crippen LogP contribution in [0.2, 0.25) is 0 Å². The second-order valence-electron chi connectivity index (χ2n) is 2.16. The van der Waals surface area contributed by atoms with Gasteiger partial charge in [-0.05, 0) is 6.07 Å². The summed E-state index contributed by atoms with van der Waals surface area (Å²) in [4.78, 5) is 13.8. The molecule has 0 unspecified atom stereocenters. The Morgan fingerprint density at radius 3 is 2.77 bits per heavy atom. The summed E-state index contributed by atoms with van der Waals surface area (Å²) in [7, 11) is 0. The maximum absolute atomic E-state index is 10.5. The third kappa shape index (κ3) is 2.41. The molecule has 1 rings (SSSR count). The molecular formula is C8H6N2O2S.